The van der Waals surface area contributed by atoms with Crippen LogP contribution in [-0.2, 0) is 4.79 Å². The van der Waals surface area contributed by atoms with Crippen molar-refractivity contribution >= 4 is 11.9 Å². The summed E-state index contributed by atoms with van der Waals surface area (Å²) in [4.78, 5) is 25.7. The van der Waals surface area contributed by atoms with E-state index in [9.17, 15) is 9.59 Å². The van der Waals surface area contributed by atoms with Gasteiger partial charge in [0, 0.05) is 6.54 Å². The highest BCUT2D eigenvalue weighted by molar-refractivity contribution is 6.07. The lowest BCUT2D eigenvalue weighted by molar-refractivity contribution is -0.130. The van der Waals surface area contributed by atoms with Gasteiger partial charge in [-0.25, -0.2) is 4.79 Å². The van der Waals surface area contributed by atoms with Crippen molar-refractivity contribution in [3.63, 3.8) is 0 Å². The van der Waals surface area contributed by atoms with Gasteiger partial charge in [-0.2, -0.15) is 0 Å². The topological polar surface area (TPSA) is 61.4 Å². The molecule has 1 saturated carbocycles. The van der Waals surface area contributed by atoms with Gasteiger partial charge in [-0.05, 0) is 31.4 Å². The molecule has 0 aromatic rings. The van der Waals surface area contributed by atoms with Crippen LogP contribution in [0.15, 0.2) is 12.2 Å². The first-order valence-electron chi connectivity index (χ1n) is 7.10. The molecule has 1 spiro atoms. The smallest absolute Gasteiger partial charge is 0.323 e. The maximum atomic E-state index is 12.4. The van der Waals surface area contributed by atoms with Gasteiger partial charge in [-0.3, -0.25) is 9.69 Å². The number of amides is 3. The zero-order chi connectivity index (χ0) is 13.9. The molecule has 0 atom stereocenters. The summed E-state index contributed by atoms with van der Waals surface area (Å²) in [5.74, 6) is -0.0633. The van der Waals surface area contributed by atoms with Crippen LogP contribution in [-0.4, -0.2) is 42.0 Å². The standard InChI is InChI=1S/C14H23N3O2/c1-3-8-15-9-11(2)10-17-12(18)14(16-13(17)19)6-4-5-7-14/h15H,2-10H2,1H3,(H,16,19). The van der Waals surface area contributed by atoms with Crippen LogP contribution in [0, 0.1) is 0 Å². The Balaban J connectivity index is 1.92. The summed E-state index contributed by atoms with van der Waals surface area (Å²) in [5.41, 5.74) is 0.265. The maximum Gasteiger partial charge on any atom is 0.325 e. The Kier molecular flexibility index (Phi) is 4.24. The molecule has 1 aliphatic heterocycles. The molecule has 106 valence electrons. The highest BCUT2D eigenvalue weighted by Crippen LogP contribution is 2.35. The lowest BCUT2D eigenvalue weighted by Gasteiger charge is -2.20. The minimum absolute atomic E-state index is 0.0633. The highest BCUT2D eigenvalue weighted by atomic mass is 16.2. The zero-order valence-electron chi connectivity index (χ0n) is 11.6. The fraction of sp³-hybridized carbons (Fsp3) is 0.714. The third kappa shape index (κ3) is 2.81. The van der Waals surface area contributed by atoms with Crippen molar-refractivity contribution < 1.29 is 9.59 Å². The van der Waals surface area contributed by atoms with Crippen LogP contribution >= 0.6 is 0 Å². The Bertz CT molecular complexity index is 386. The van der Waals surface area contributed by atoms with E-state index in [1.54, 1.807) is 0 Å². The molecule has 0 aromatic carbocycles. The molecule has 3 amide bonds. The number of hydrogen-bond acceptors (Lipinski definition) is 3. The van der Waals surface area contributed by atoms with Gasteiger partial charge in [-0.15, -0.1) is 0 Å². The molecule has 0 aromatic heterocycles. The number of imide groups is 1. The first kappa shape index (κ1) is 14.1. The second-order valence-corrected chi connectivity index (χ2v) is 5.54. The van der Waals surface area contributed by atoms with Crippen LogP contribution in [0.2, 0.25) is 0 Å². The Hall–Kier alpha value is -1.36. The lowest BCUT2D eigenvalue weighted by Crippen LogP contribution is -2.44. The second kappa shape index (κ2) is 5.74. The third-order valence-electron chi connectivity index (χ3n) is 3.89. The first-order valence-corrected chi connectivity index (χ1v) is 7.10. The number of urea groups is 1. The van der Waals surface area contributed by atoms with Gasteiger partial charge in [-0.1, -0.05) is 26.3 Å². The Morgan fingerprint density at radius 1 is 1.42 bits per heavy atom. The third-order valence-corrected chi connectivity index (χ3v) is 3.89. The Labute approximate surface area is 114 Å². The average Bonchev–Trinajstić information content (AvgIpc) is 2.92. The normalized spacial score (nSPS) is 21.2. The van der Waals surface area contributed by atoms with E-state index in [1.807, 2.05) is 0 Å². The molecule has 5 heteroatoms. The molecule has 2 fully saturated rings. The van der Waals surface area contributed by atoms with Crippen molar-refractivity contribution in [3.05, 3.63) is 12.2 Å². The summed E-state index contributed by atoms with van der Waals surface area (Å²) >= 11 is 0. The fourth-order valence-corrected chi connectivity index (χ4v) is 2.86. The van der Waals surface area contributed by atoms with Gasteiger partial charge in [0.2, 0.25) is 0 Å². The molecule has 2 rings (SSSR count). The second-order valence-electron chi connectivity index (χ2n) is 5.54. The zero-order valence-corrected chi connectivity index (χ0v) is 11.6. The Morgan fingerprint density at radius 3 is 2.74 bits per heavy atom. The van der Waals surface area contributed by atoms with Gasteiger partial charge < -0.3 is 10.6 Å². The van der Waals surface area contributed by atoms with Crippen LogP contribution in [0.4, 0.5) is 4.79 Å². The molecule has 19 heavy (non-hydrogen) atoms. The molecule has 1 heterocycles. The van der Waals surface area contributed by atoms with Gasteiger partial charge in [0.1, 0.15) is 5.54 Å². The van der Waals surface area contributed by atoms with Gasteiger partial charge in [0.05, 0.1) is 6.54 Å². The minimum Gasteiger partial charge on any atom is -0.323 e. The van der Waals surface area contributed by atoms with E-state index >= 15 is 0 Å². The molecule has 2 aliphatic rings. The lowest BCUT2D eigenvalue weighted by atomic mass is 9.98. The molecule has 1 aliphatic carbocycles. The van der Waals surface area contributed by atoms with Crippen molar-refractivity contribution in [2.75, 3.05) is 19.6 Å². The number of carbonyl (C=O) groups excluding carboxylic acids is 2. The molecular formula is C14H23N3O2. The van der Waals surface area contributed by atoms with E-state index in [2.05, 4.69) is 24.1 Å². The van der Waals surface area contributed by atoms with Gasteiger partial charge in [0.15, 0.2) is 0 Å². The Morgan fingerprint density at radius 2 is 2.11 bits per heavy atom. The van der Waals surface area contributed by atoms with Crippen molar-refractivity contribution in [3.8, 4) is 0 Å². The number of carbonyl (C=O) groups is 2. The van der Waals surface area contributed by atoms with Crippen molar-refractivity contribution in [2.45, 2.75) is 44.6 Å². The summed E-state index contributed by atoms with van der Waals surface area (Å²) in [6, 6.07) is -0.261. The van der Waals surface area contributed by atoms with E-state index in [-0.39, 0.29) is 11.9 Å². The van der Waals surface area contributed by atoms with Crippen LogP contribution in [0.3, 0.4) is 0 Å². The monoisotopic (exact) mass is 265 g/mol. The number of nitrogens with one attached hydrogen (secondary N) is 2. The van der Waals surface area contributed by atoms with E-state index in [1.165, 1.54) is 4.90 Å². The van der Waals surface area contributed by atoms with Crippen molar-refractivity contribution in [2.24, 2.45) is 0 Å². The maximum absolute atomic E-state index is 12.4. The van der Waals surface area contributed by atoms with E-state index in [0.29, 0.717) is 13.1 Å². The fourth-order valence-electron chi connectivity index (χ4n) is 2.86. The van der Waals surface area contributed by atoms with Crippen LogP contribution in [0.25, 0.3) is 0 Å². The van der Waals surface area contributed by atoms with Gasteiger partial charge in [0.25, 0.3) is 5.91 Å². The van der Waals surface area contributed by atoms with E-state index in [0.717, 1.165) is 44.2 Å². The minimum atomic E-state index is -0.603. The number of rotatable bonds is 6. The quantitative estimate of drug-likeness (QED) is 0.433. The molecule has 5 nitrogen and oxygen atoms in total. The number of nitrogens with zero attached hydrogens (tertiary/aromatic N) is 1. The average molecular weight is 265 g/mol. The summed E-state index contributed by atoms with van der Waals surface area (Å²) in [6.45, 7) is 7.92. The van der Waals surface area contributed by atoms with Crippen LogP contribution in [0.1, 0.15) is 39.0 Å². The molecule has 2 N–H and O–H groups in total. The van der Waals surface area contributed by atoms with E-state index < -0.39 is 5.54 Å². The summed E-state index contributed by atoms with van der Waals surface area (Å²) < 4.78 is 0. The molecular weight excluding hydrogens is 242 g/mol. The van der Waals surface area contributed by atoms with Gasteiger partial charge >= 0.3 is 6.03 Å². The highest BCUT2D eigenvalue weighted by Gasteiger charge is 2.52. The molecule has 1 saturated heterocycles. The van der Waals surface area contributed by atoms with Crippen molar-refractivity contribution in [1.29, 1.82) is 0 Å². The molecule has 0 bridgehead atoms. The summed E-state index contributed by atoms with van der Waals surface area (Å²) in [5, 5.41) is 6.11. The largest absolute Gasteiger partial charge is 0.325 e. The van der Waals surface area contributed by atoms with Crippen LogP contribution < -0.4 is 10.6 Å². The van der Waals surface area contributed by atoms with E-state index in [4.69, 9.17) is 0 Å². The SMILES string of the molecule is C=C(CNCCC)CN1C(=O)NC2(CCCC2)C1=O. The molecule has 0 radical (unpaired) electrons. The molecule has 0 unspecified atom stereocenters. The predicted molar refractivity (Wildman–Crippen MR) is 73.7 cm³/mol. The summed E-state index contributed by atoms with van der Waals surface area (Å²) in [6.07, 6.45) is 4.63. The predicted octanol–water partition coefficient (Wildman–Crippen LogP) is 1.41. The summed E-state index contributed by atoms with van der Waals surface area (Å²) in [7, 11) is 0. The van der Waals surface area contributed by atoms with Crippen molar-refractivity contribution in [1.82, 2.24) is 15.5 Å². The van der Waals surface area contributed by atoms with Crippen LogP contribution in [0.5, 0.6) is 0 Å². The first-order chi connectivity index (χ1) is 9.09. The number of hydrogen-bond donors (Lipinski definition) is 2.